The molecule has 0 radical (unpaired) electrons. The Morgan fingerprint density at radius 2 is 1.56 bits per heavy atom. The highest BCUT2D eigenvalue weighted by Gasteiger charge is 2.31. The summed E-state index contributed by atoms with van der Waals surface area (Å²) in [7, 11) is 0. The number of furan rings is 2. The van der Waals surface area contributed by atoms with Crippen molar-refractivity contribution in [2.24, 2.45) is 10.2 Å². The van der Waals surface area contributed by atoms with E-state index >= 15 is 0 Å². The first-order valence-corrected chi connectivity index (χ1v) is 11.9. The minimum Gasteiger partial charge on any atom is -0.466 e. The molecule has 0 aliphatic carbocycles. The zero-order chi connectivity index (χ0) is 29.9. The fourth-order valence-corrected chi connectivity index (χ4v) is 3.67. The Kier molecular flexibility index (Phi) is 10.4. The molecule has 0 fully saturated rings. The SMILES string of the molecule is CCOC(=O)/C(=C/c1ccc(F)c2ccoc12)N=[N+]=[N-].CCOC(=O)C(N=[N+]=[N-])C(O)c1ccc(F)c2ccoc12. The van der Waals surface area contributed by atoms with E-state index in [-0.39, 0.29) is 46.4 Å². The summed E-state index contributed by atoms with van der Waals surface area (Å²) in [4.78, 5) is 28.5. The summed E-state index contributed by atoms with van der Waals surface area (Å²) in [5, 5.41) is 17.2. The van der Waals surface area contributed by atoms with Crippen molar-refractivity contribution in [2.45, 2.75) is 26.0 Å². The van der Waals surface area contributed by atoms with Crippen molar-refractivity contribution >= 4 is 40.0 Å². The van der Waals surface area contributed by atoms with E-state index in [1.54, 1.807) is 13.8 Å². The molecule has 0 aliphatic heterocycles. The van der Waals surface area contributed by atoms with Gasteiger partial charge in [0.15, 0.2) is 6.04 Å². The predicted molar refractivity (Wildman–Crippen MR) is 141 cm³/mol. The van der Waals surface area contributed by atoms with Crippen LogP contribution in [0.25, 0.3) is 48.9 Å². The molecule has 2 heterocycles. The molecule has 2 atom stereocenters. The first kappa shape index (κ1) is 30.2. The second kappa shape index (κ2) is 14.1. The first-order valence-electron chi connectivity index (χ1n) is 11.9. The highest BCUT2D eigenvalue weighted by Crippen LogP contribution is 2.30. The Labute approximate surface area is 229 Å². The molecule has 41 heavy (non-hydrogen) atoms. The zero-order valence-electron chi connectivity index (χ0n) is 21.6. The van der Waals surface area contributed by atoms with Crippen LogP contribution in [-0.4, -0.2) is 36.3 Å². The van der Waals surface area contributed by atoms with Gasteiger partial charge in [0, 0.05) is 21.0 Å². The van der Waals surface area contributed by atoms with E-state index in [2.05, 4.69) is 20.1 Å². The van der Waals surface area contributed by atoms with Crippen molar-refractivity contribution in [3.63, 3.8) is 0 Å². The van der Waals surface area contributed by atoms with Crippen molar-refractivity contribution in [1.29, 1.82) is 0 Å². The normalized spacial score (nSPS) is 12.4. The van der Waals surface area contributed by atoms with Crippen LogP contribution in [0.5, 0.6) is 0 Å². The Morgan fingerprint density at radius 3 is 2.17 bits per heavy atom. The van der Waals surface area contributed by atoms with Gasteiger partial charge in [0.05, 0.1) is 36.5 Å². The van der Waals surface area contributed by atoms with Crippen molar-refractivity contribution in [3.05, 3.63) is 98.3 Å². The third kappa shape index (κ3) is 6.99. The number of hydrogen-bond acceptors (Lipinski definition) is 9. The summed E-state index contributed by atoms with van der Waals surface area (Å²) in [6, 6.07) is 6.46. The lowest BCUT2D eigenvalue weighted by atomic mass is 10.0. The van der Waals surface area contributed by atoms with Gasteiger partial charge in [-0.05, 0) is 67.4 Å². The van der Waals surface area contributed by atoms with Crippen molar-refractivity contribution < 1.29 is 41.8 Å². The van der Waals surface area contributed by atoms with Gasteiger partial charge >= 0.3 is 11.9 Å². The molecule has 0 aliphatic rings. The summed E-state index contributed by atoms with van der Waals surface area (Å²) in [6.07, 6.45) is 2.39. The van der Waals surface area contributed by atoms with Crippen molar-refractivity contribution in [1.82, 2.24) is 0 Å². The Bertz CT molecular complexity index is 1690. The predicted octanol–water partition coefficient (Wildman–Crippen LogP) is 6.63. The quantitative estimate of drug-likeness (QED) is 0.0767. The highest BCUT2D eigenvalue weighted by molar-refractivity contribution is 5.96. The fraction of sp³-hybridized carbons (Fsp3) is 0.231. The second-order valence-corrected chi connectivity index (χ2v) is 7.89. The molecule has 2 aromatic heterocycles. The average Bonchev–Trinajstić information content (AvgIpc) is 3.65. The lowest BCUT2D eigenvalue weighted by molar-refractivity contribution is -0.147. The summed E-state index contributed by atoms with van der Waals surface area (Å²) in [5.41, 5.74) is 17.7. The van der Waals surface area contributed by atoms with E-state index in [1.807, 2.05) is 0 Å². The van der Waals surface area contributed by atoms with Crippen LogP contribution < -0.4 is 0 Å². The van der Waals surface area contributed by atoms with Crippen LogP contribution in [0.4, 0.5) is 8.78 Å². The van der Waals surface area contributed by atoms with Gasteiger partial charge in [-0.15, -0.1) is 0 Å². The van der Waals surface area contributed by atoms with Gasteiger partial charge < -0.3 is 23.4 Å². The summed E-state index contributed by atoms with van der Waals surface area (Å²) in [5.74, 6) is -2.58. The van der Waals surface area contributed by atoms with E-state index in [4.69, 9.17) is 29.4 Å². The van der Waals surface area contributed by atoms with Crippen LogP contribution in [0.15, 0.2) is 73.7 Å². The largest absolute Gasteiger partial charge is 0.466 e. The highest BCUT2D eigenvalue weighted by atomic mass is 19.1. The van der Waals surface area contributed by atoms with Crippen LogP contribution >= 0.6 is 0 Å². The van der Waals surface area contributed by atoms with Crippen LogP contribution in [0, 0.1) is 11.6 Å². The summed E-state index contributed by atoms with van der Waals surface area (Å²) >= 11 is 0. The van der Waals surface area contributed by atoms with Gasteiger partial charge in [0.1, 0.15) is 34.6 Å². The number of fused-ring (bicyclic) bond motifs is 2. The molecule has 2 unspecified atom stereocenters. The number of carbonyl (C=O) groups is 2. The number of halogens is 2. The molecule has 2 aromatic carbocycles. The monoisotopic (exact) mass is 568 g/mol. The number of esters is 2. The number of rotatable bonds is 9. The van der Waals surface area contributed by atoms with E-state index in [0.717, 1.165) is 6.07 Å². The molecule has 13 nitrogen and oxygen atoms in total. The van der Waals surface area contributed by atoms with Gasteiger partial charge in [0.2, 0.25) is 0 Å². The van der Waals surface area contributed by atoms with Crippen LogP contribution in [0.3, 0.4) is 0 Å². The molecule has 1 N–H and O–H groups in total. The Balaban J connectivity index is 0.000000226. The Morgan fingerprint density at radius 1 is 0.951 bits per heavy atom. The number of aliphatic hydroxyl groups excluding tert-OH is 1. The topological polar surface area (TPSA) is 197 Å². The van der Waals surface area contributed by atoms with Gasteiger partial charge in [0.25, 0.3) is 0 Å². The first-order chi connectivity index (χ1) is 19.8. The lowest BCUT2D eigenvalue weighted by Gasteiger charge is -2.17. The van der Waals surface area contributed by atoms with E-state index < -0.39 is 35.7 Å². The number of benzene rings is 2. The van der Waals surface area contributed by atoms with E-state index in [9.17, 15) is 23.5 Å². The maximum atomic E-state index is 13.6. The molecule has 0 bridgehead atoms. The van der Waals surface area contributed by atoms with Gasteiger partial charge in [-0.3, -0.25) is 4.79 Å². The van der Waals surface area contributed by atoms with Gasteiger partial charge in [-0.2, -0.15) is 0 Å². The maximum Gasteiger partial charge on any atom is 0.340 e. The van der Waals surface area contributed by atoms with Crippen molar-refractivity contribution in [2.75, 3.05) is 13.2 Å². The summed E-state index contributed by atoms with van der Waals surface area (Å²) in [6.45, 7) is 3.44. The molecule has 212 valence electrons. The number of hydrogen-bond donors (Lipinski definition) is 1. The summed E-state index contributed by atoms with van der Waals surface area (Å²) < 4.78 is 46.9. The second-order valence-electron chi connectivity index (χ2n) is 7.89. The third-order valence-corrected chi connectivity index (χ3v) is 5.44. The maximum absolute atomic E-state index is 13.6. The smallest absolute Gasteiger partial charge is 0.340 e. The molecule has 15 heteroatoms. The van der Waals surface area contributed by atoms with E-state index in [0.29, 0.717) is 5.56 Å². The minimum atomic E-state index is -1.51. The molecular formula is C26H22F2N6O7. The van der Waals surface area contributed by atoms with Gasteiger partial charge in [-0.1, -0.05) is 10.2 Å². The number of carbonyl (C=O) groups excluding carboxylic acids is 2. The number of ether oxygens (including phenoxy) is 2. The molecular weight excluding hydrogens is 546 g/mol. The van der Waals surface area contributed by atoms with Crippen molar-refractivity contribution in [3.8, 4) is 0 Å². The number of azide groups is 2. The molecule has 0 saturated heterocycles. The zero-order valence-corrected chi connectivity index (χ0v) is 21.6. The fourth-order valence-electron chi connectivity index (χ4n) is 3.67. The number of nitrogens with zero attached hydrogens (tertiary/aromatic N) is 6. The van der Waals surface area contributed by atoms with Crippen LogP contribution in [0.1, 0.15) is 31.1 Å². The van der Waals surface area contributed by atoms with Gasteiger partial charge in [-0.25, -0.2) is 13.6 Å². The molecule has 0 spiro atoms. The van der Waals surface area contributed by atoms with E-state index in [1.165, 1.54) is 48.9 Å². The van der Waals surface area contributed by atoms with Crippen LogP contribution in [-0.2, 0) is 19.1 Å². The lowest BCUT2D eigenvalue weighted by Crippen LogP contribution is -2.28. The standard InChI is InChI=1S/C13H12FN3O4.C13H10FN3O3/c1-2-20-13(19)10(16-17-15)11(18)8-3-4-9(14)7-5-6-21-12(7)8;1-2-19-13(18)11(16-17-15)7-8-3-4-10(14)9-5-6-20-12(8)9/h3-6,10-11,18H,2H2,1H3;3-7H,2H2,1H3/b;11-7-. The molecule has 4 rings (SSSR count). The number of aliphatic hydroxyl groups is 1. The third-order valence-electron chi connectivity index (χ3n) is 5.44. The Hall–Kier alpha value is -5.36. The van der Waals surface area contributed by atoms with Crippen LogP contribution in [0.2, 0.25) is 0 Å². The average molecular weight is 568 g/mol. The minimum absolute atomic E-state index is 0.0720. The molecule has 4 aromatic rings. The molecule has 0 amide bonds. The molecule has 0 saturated carbocycles.